The van der Waals surface area contributed by atoms with E-state index in [4.69, 9.17) is 15.6 Å². The molecule has 0 fully saturated rings. The van der Waals surface area contributed by atoms with Crippen LogP contribution in [0.4, 0.5) is 15.4 Å². The van der Waals surface area contributed by atoms with Crippen LogP contribution < -0.4 is 11.1 Å². The van der Waals surface area contributed by atoms with Gasteiger partial charge in [-0.05, 0) is 57.6 Å². The average Bonchev–Trinajstić information content (AvgIpc) is 3.04. The first-order chi connectivity index (χ1) is 15.1. The maximum Gasteiger partial charge on any atom is 0.410 e. The fraction of sp³-hybridized carbons (Fsp3) is 0.435. The van der Waals surface area contributed by atoms with Gasteiger partial charge in [0.15, 0.2) is 0 Å². The highest BCUT2D eigenvalue weighted by Crippen LogP contribution is 2.31. The summed E-state index contributed by atoms with van der Waals surface area (Å²) in [7, 11) is 0. The summed E-state index contributed by atoms with van der Waals surface area (Å²) >= 11 is 3.79. The van der Waals surface area contributed by atoms with Gasteiger partial charge in [-0.1, -0.05) is 31.2 Å². The Bertz CT molecular complexity index is 964. The normalized spacial score (nSPS) is 13.6. The van der Waals surface area contributed by atoms with Crippen molar-refractivity contribution in [1.82, 2.24) is 14.7 Å². The molecule has 0 atom stereocenters. The summed E-state index contributed by atoms with van der Waals surface area (Å²) in [6.07, 6.45) is 2.30. The van der Waals surface area contributed by atoms with Crippen molar-refractivity contribution in [2.75, 3.05) is 24.2 Å². The minimum atomic E-state index is -0.648. The first kappa shape index (κ1) is 25.3. The van der Waals surface area contributed by atoms with Crippen molar-refractivity contribution in [3.63, 3.8) is 0 Å². The van der Waals surface area contributed by atoms with Crippen molar-refractivity contribution in [2.45, 2.75) is 46.6 Å². The summed E-state index contributed by atoms with van der Waals surface area (Å²) in [4.78, 5) is 25.5. The number of carbonyl (C=O) groups excluding carboxylic acids is 2. The number of nitrogens with two attached hydrogens (primary N) is 1. The fourth-order valence-corrected chi connectivity index (χ4v) is 3.20. The van der Waals surface area contributed by atoms with Crippen LogP contribution >= 0.6 is 12.6 Å². The summed E-state index contributed by atoms with van der Waals surface area (Å²) in [5.74, 6) is 1.48. The molecule has 3 rings (SSSR count). The molecule has 3 N–H and O–H groups in total. The van der Waals surface area contributed by atoms with Gasteiger partial charge in [0.1, 0.15) is 11.4 Å². The number of urea groups is 1. The first-order valence-electron chi connectivity index (χ1n) is 10.6. The van der Waals surface area contributed by atoms with Crippen LogP contribution in [0.2, 0.25) is 0 Å². The molecule has 32 heavy (non-hydrogen) atoms. The van der Waals surface area contributed by atoms with Gasteiger partial charge in [0.2, 0.25) is 0 Å². The van der Waals surface area contributed by atoms with Gasteiger partial charge in [0, 0.05) is 18.7 Å². The molecule has 2 heterocycles. The van der Waals surface area contributed by atoms with Crippen LogP contribution in [0, 0.1) is 6.92 Å². The molecule has 0 saturated carbocycles. The van der Waals surface area contributed by atoms with Crippen LogP contribution in [0.15, 0.2) is 36.4 Å². The molecule has 1 aliphatic rings. The zero-order chi connectivity index (χ0) is 23.9. The lowest BCUT2D eigenvalue weighted by atomic mass is 10.0. The van der Waals surface area contributed by atoms with E-state index in [2.05, 4.69) is 17.9 Å². The molecule has 0 radical (unpaired) electrons. The quantitative estimate of drug-likeness (QED) is 0.582. The van der Waals surface area contributed by atoms with E-state index in [-0.39, 0.29) is 6.09 Å². The molecule has 1 aromatic carbocycles. The van der Waals surface area contributed by atoms with E-state index in [1.54, 1.807) is 9.58 Å². The highest BCUT2D eigenvalue weighted by atomic mass is 32.1. The van der Waals surface area contributed by atoms with Gasteiger partial charge >= 0.3 is 12.1 Å². The van der Waals surface area contributed by atoms with E-state index in [0.29, 0.717) is 25.3 Å². The van der Waals surface area contributed by atoms with E-state index in [9.17, 15) is 9.59 Å². The second kappa shape index (κ2) is 11.1. The third kappa shape index (κ3) is 6.78. The summed E-state index contributed by atoms with van der Waals surface area (Å²) in [5, 5.41) is 7.41. The molecule has 3 amide bonds. The number of amides is 3. The summed E-state index contributed by atoms with van der Waals surface area (Å²) in [5.41, 5.74) is 8.28. The van der Waals surface area contributed by atoms with Crippen LogP contribution in [-0.4, -0.2) is 51.2 Å². The van der Waals surface area contributed by atoms with E-state index in [0.717, 1.165) is 28.3 Å². The number of ether oxygens (including phenoxy) is 1. The van der Waals surface area contributed by atoms with E-state index in [1.165, 1.54) is 0 Å². The Hall–Kier alpha value is -2.94. The standard InChI is InChI=1S/C21H27N5O3.C2H6S/c1-14-17(15-10-12-25(13-11-15)20(28)29-21(2,3)4)24-26(18(14)23-19(22)27)16-8-6-5-7-9-16;1-2-3/h5-10H,11-13H2,1-4H3,(H3,22,23,27);3H,2H2,1H3. The number of aromatic nitrogens is 2. The van der Waals surface area contributed by atoms with Crippen LogP contribution in [0.5, 0.6) is 0 Å². The van der Waals surface area contributed by atoms with Crippen molar-refractivity contribution < 1.29 is 14.3 Å². The van der Waals surface area contributed by atoms with Crippen molar-refractivity contribution in [3.8, 4) is 5.69 Å². The lowest BCUT2D eigenvalue weighted by Gasteiger charge is -2.29. The summed E-state index contributed by atoms with van der Waals surface area (Å²) in [6, 6.07) is 8.88. The molecule has 2 aromatic rings. The predicted molar refractivity (Wildman–Crippen MR) is 131 cm³/mol. The van der Waals surface area contributed by atoms with Crippen molar-refractivity contribution >= 4 is 36.1 Å². The number of primary amides is 1. The Labute approximate surface area is 195 Å². The molecule has 1 aliphatic heterocycles. The number of hydrogen-bond acceptors (Lipinski definition) is 5. The van der Waals surface area contributed by atoms with E-state index in [1.807, 2.05) is 71.0 Å². The Kier molecular flexibility index (Phi) is 8.77. The van der Waals surface area contributed by atoms with Gasteiger partial charge in [0.25, 0.3) is 0 Å². The zero-order valence-electron chi connectivity index (χ0n) is 19.4. The highest BCUT2D eigenvalue weighted by molar-refractivity contribution is 7.80. The van der Waals surface area contributed by atoms with Crippen LogP contribution in [-0.2, 0) is 4.74 Å². The molecular weight excluding hydrogens is 426 g/mol. The number of anilines is 1. The molecule has 9 heteroatoms. The average molecular weight is 460 g/mol. The third-order valence-electron chi connectivity index (χ3n) is 4.53. The number of carbonyl (C=O) groups is 2. The minimum absolute atomic E-state index is 0.324. The maximum atomic E-state index is 12.3. The van der Waals surface area contributed by atoms with Crippen LogP contribution in [0.25, 0.3) is 11.3 Å². The zero-order valence-corrected chi connectivity index (χ0v) is 20.3. The molecule has 174 valence electrons. The van der Waals surface area contributed by atoms with E-state index >= 15 is 0 Å². The molecule has 0 bridgehead atoms. The second-order valence-corrected chi connectivity index (χ2v) is 8.91. The molecule has 0 aliphatic carbocycles. The predicted octanol–water partition coefficient (Wildman–Crippen LogP) is 4.63. The van der Waals surface area contributed by atoms with Crippen molar-refractivity contribution in [1.29, 1.82) is 0 Å². The number of hydrogen-bond donors (Lipinski definition) is 3. The molecule has 0 spiro atoms. The van der Waals surface area contributed by atoms with Gasteiger partial charge in [0.05, 0.1) is 11.4 Å². The Morgan fingerprint density at radius 1 is 1.25 bits per heavy atom. The first-order valence-corrected chi connectivity index (χ1v) is 11.2. The molecule has 0 unspecified atom stereocenters. The second-order valence-electron chi connectivity index (χ2n) is 8.28. The molecule has 1 aromatic heterocycles. The number of nitrogens with zero attached hydrogens (tertiary/aromatic N) is 3. The van der Waals surface area contributed by atoms with Gasteiger partial charge in [-0.2, -0.15) is 17.7 Å². The van der Waals surface area contributed by atoms with Gasteiger partial charge in [-0.15, -0.1) is 0 Å². The topological polar surface area (TPSA) is 102 Å². The smallest absolute Gasteiger partial charge is 0.410 e. The minimum Gasteiger partial charge on any atom is -0.444 e. The Morgan fingerprint density at radius 3 is 2.38 bits per heavy atom. The lowest BCUT2D eigenvalue weighted by molar-refractivity contribution is 0.0270. The third-order valence-corrected chi connectivity index (χ3v) is 4.53. The summed E-state index contributed by atoms with van der Waals surface area (Å²) in [6.45, 7) is 10.4. The molecule has 8 nitrogen and oxygen atoms in total. The Balaban J connectivity index is 0.00000114. The monoisotopic (exact) mass is 459 g/mol. The SMILES string of the molecule is CCS.Cc1c(C2=CCN(C(=O)OC(C)(C)C)CC2)nn(-c2ccccc2)c1NC(N)=O. The van der Waals surface area contributed by atoms with Crippen LogP contribution in [0.1, 0.15) is 45.4 Å². The Morgan fingerprint density at radius 2 is 1.88 bits per heavy atom. The fourth-order valence-electron chi connectivity index (χ4n) is 3.20. The largest absolute Gasteiger partial charge is 0.444 e. The number of thiol groups is 1. The van der Waals surface area contributed by atoms with Crippen molar-refractivity contribution in [3.05, 3.63) is 47.7 Å². The number of para-hydroxylation sites is 1. The van der Waals surface area contributed by atoms with E-state index < -0.39 is 11.6 Å². The van der Waals surface area contributed by atoms with Gasteiger partial charge < -0.3 is 15.4 Å². The number of rotatable bonds is 3. The molecular formula is C23H33N5O3S. The number of benzene rings is 1. The lowest BCUT2D eigenvalue weighted by Crippen LogP contribution is -2.39. The van der Waals surface area contributed by atoms with Crippen LogP contribution in [0.3, 0.4) is 0 Å². The summed E-state index contributed by atoms with van der Waals surface area (Å²) < 4.78 is 7.12. The van der Waals surface area contributed by atoms with Gasteiger partial charge in [-0.25, -0.2) is 14.3 Å². The molecule has 0 saturated heterocycles. The van der Waals surface area contributed by atoms with Gasteiger partial charge in [-0.3, -0.25) is 5.32 Å². The highest BCUT2D eigenvalue weighted by Gasteiger charge is 2.26. The maximum absolute atomic E-state index is 12.3. The number of nitrogens with one attached hydrogen (secondary N) is 1. The van der Waals surface area contributed by atoms with Crippen molar-refractivity contribution in [2.24, 2.45) is 5.73 Å².